The van der Waals surface area contributed by atoms with E-state index in [-0.39, 0.29) is 91.3 Å². The van der Waals surface area contributed by atoms with Gasteiger partial charge in [0.1, 0.15) is 39.1 Å². The van der Waals surface area contributed by atoms with Crippen molar-refractivity contribution in [3.05, 3.63) is 24.3 Å². The Hall–Kier alpha value is -4.03. The average molecular weight is 1070 g/mol. The van der Waals surface area contributed by atoms with E-state index in [2.05, 4.69) is 102 Å². The zero-order valence-electron chi connectivity index (χ0n) is 46.8. The molecule has 420 valence electrons. The Labute approximate surface area is 438 Å². The number of alkyl carbamates (subject to hydrolysis) is 4. The number of nitrogens with one attached hydrogen (secondary N) is 4. The maximum atomic E-state index is 12.8. The summed E-state index contributed by atoms with van der Waals surface area (Å²) in [5.41, 5.74) is -0.0639. The van der Waals surface area contributed by atoms with Crippen LogP contribution in [0.25, 0.3) is 0 Å². The summed E-state index contributed by atoms with van der Waals surface area (Å²) < 4.78 is 50.2. The van der Waals surface area contributed by atoms with Crippen molar-refractivity contribution in [1.29, 1.82) is 0 Å². The highest BCUT2D eigenvalue weighted by Crippen LogP contribution is 2.47. The molecule has 0 radical (unpaired) electrons. The quantitative estimate of drug-likeness (QED) is 0.0162. The first-order valence-electron chi connectivity index (χ1n) is 26.0. The molecule has 2 aliphatic rings. The van der Waals surface area contributed by atoms with Gasteiger partial charge in [-0.2, -0.15) is 0 Å². The Morgan fingerprint density at radius 2 is 0.918 bits per heavy atom. The Balaban J connectivity index is 1.58. The number of carbonyl (C=O) groups excluding carboxylic acids is 6. The Bertz CT molecular complexity index is 1830. The summed E-state index contributed by atoms with van der Waals surface area (Å²) in [6, 6.07) is 1.61. The first-order chi connectivity index (χ1) is 33.8. The van der Waals surface area contributed by atoms with Gasteiger partial charge in [-0.15, -0.1) is 0 Å². The van der Waals surface area contributed by atoms with Crippen LogP contribution in [-0.4, -0.2) is 150 Å². The summed E-state index contributed by atoms with van der Waals surface area (Å²) in [5, 5.41) is 11.7. The molecule has 2 fully saturated rings. The van der Waals surface area contributed by atoms with Crippen LogP contribution in [0.1, 0.15) is 114 Å². The van der Waals surface area contributed by atoms with Crippen LogP contribution < -0.4 is 21.3 Å². The fraction of sp³-hybridized carbons (Fsp3) is 0.808. The molecule has 0 bridgehead atoms. The van der Waals surface area contributed by atoms with Gasteiger partial charge in [0.05, 0.1) is 19.8 Å². The third-order valence-electron chi connectivity index (χ3n) is 12.8. The lowest BCUT2D eigenvalue weighted by molar-refractivity contribution is -0.139. The smallest absolute Gasteiger partial charge is 0.407 e. The van der Waals surface area contributed by atoms with Crippen molar-refractivity contribution in [2.24, 2.45) is 21.7 Å². The molecule has 0 spiro atoms. The lowest BCUT2D eigenvalue weighted by Gasteiger charge is -2.46. The highest BCUT2D eigenvalue weighted by molar-refractivity contribution is 6.84. The predicted molar refractivity (Wildman–Crippen MR) is 284 cm³/mol. The van der Waals surface area contributed by atoms with Crippen LogP contribution in [0.4, 0.5) is 19.2 Å². The molecule has 0 heterocycles. The van der Waals surface area contributed by atoms with E-state index in [4.69, 9.17) is 42.0 Å². The van der Waals surface area contributed by atoms with Gasteiger partial charge in [-0.3, -0.25) is 4.79 Å². The summed E-state index contributed by atoms with van der Waals surface area (Å²) in [6.07, 6.45) is 3.43. The van der Waals surface area contributed by atoms with Gasteiger partial charge in [0, 0.05) is 44.0 Å². The maximum Gasteiger partial charge on any atom is 0.407 e. The molecule has 19 nitrogen and oxygen atoms in total. The minimum absolute atomic E-state index is 0.00959. The van der Waals surface area contributed by atoms with Crippen molar-refractivity contribution in [1.82, 2.24) is 21.3 Å². The van der Waals surface area contributed by atoms with Gasteiger partial charge in [-0.25, -0.2) is 24.0 Å². The normalized spacial score (nSPS) is 21.9. The van der Waals surface area contributed by atoms with E-state index in [1.807, 2.05) is 0 Å². The number of hydrogen-bond acceptors (Lipinski definition) is 15. The van der Waals surface area contributed by atoms with E-state index in [1.165, 1.54) is 0 Å². The summed E-state index contributed by atoms with van der Waals surface area (Å²) >= 11 is 0. The van der Waals surface area contributed by atoms with Crippen LogP contribution >= 0.6 is 0 Å². The maximum absolute atomic E-state index is 12.8. The van der Waals surface area contributed by atoms with E-state index in [9.17, 15) is 28.8 Å². The summed E-state index contributed by atoms with van der Waals surface area (Å²) in [7, 11) is -3.93. The van der Waals surface area contributed by atoms with Crippen molar-refractivity contribution in [3.8, 4) is 0 Å². The van der Waals surface area contributed by atoms with E-state index < -0.39 is 53.1 Å². The molecule has 0 aromatic heterocycles. The molecule has 2 aliphatic carbocycles. The van der Waals surface area contributed by atoms with Gasteiger partial charge < -0.3 is 63.3 Å². The second kappa shape index (κ2) is 30.5. The molecule has 5 atom stereocenters. The van der Waals surface area contributed by atoms with Crippen molar-refractivity contribution < 1.29 is 70.8 Å². The minimum atomic E-state index is -1.96. The largest absolute Gasteiger partial charge is 0.459 e. The van der Waals surface area contributed by atoms with Crippen molar-refractivity contribution in [3.63, 3.8) is 0 Å². The molecule has 4 amide bonds. The topological polar surface area (TPSA) is 234 Å². The number of hydrogen-bond donors (Lipinski definition) is 4. The lowest BCUT2D eigenvalue weighted by Crippen LogP contribution is -2.50. The number of rotatable bonds is 32. The molecule has 2 rings (SSSR count). The monoisotopic (exact) mass is 1070 g/mol. The molecule has 4 N–H and O–H groups in total. The van der Waals surface area contributed by atoms with Gasteiger partial charge in [-0.05, 0) is 138 Å². The SMILES string of the molecule is C=C(C)C(=O)OCCOC(=O)NCC1(C)CC(NC(=O)OCCOCCC[Si](C)(C)O[Si](C)(C)CCCOCCOC(=O)NC2CC(C)(C)CC(C)(CNC(=O)OCCOC(C)C(=O)C(=C)C)C2)CC(C)(C)C1. The van der Waals surface area contributed by atoms with Gasteiger partial charge in [-0.1, -0.05) is 54.7 Å². The van der Waals surface area contributed by atoms with Crippen LogP contribution in [0, 0.1) is 21.7 Å². The van der Waals surface area contributed by atoms with E-state index in [0.29, 0.717) is 51.3 Å². The van der Waals surface area contributed by atoms with Gasteiger partial charge >= 0.3 is 30.3 Å². The van der Waals surface area contributed by atoms with Crippen LogP contribution in [-0.2, 0) is 51.6 Å². The molecule has 0 aliphatic heterocycles. The third kappa shape index (κ3) is 28.5. The Kier molecular flexibility index (Phi) is 27.2. The average Bonchev–Trinajstić information content (AvgIpc) is 3.24. The van der Waals surface area contributed by atoms with Gasteiger partial charge in [0.15, 0.2) is 22.4 Å². The molecule has 0 saturated heterocycles. The molecule has 5 unspecified atom stereocenters. The summed E-state index contributed by atoms with van der Waals surface area (Å²) in [4.78, 5) is 73.7. The fourth-order valence-corrected chi connectivity index (χ4v) is 19.4. The van der Waals surface area contributed by atoms with Gasteiger partial charge in [0.2, 0.25) is 0 Å². The van der Waals surface area contributed by atoms with E-state index in [0.717, 1.165) is 50.6 Å². The van der Waals surface area contributed by atoms with Crippen LogP contribution in [0.2, 0.25) is 38.3 Å². The standard InChI is InChI=1S/C52H94N4O15Si2/c1-38(2)43(57)40(5)65-24-26-67-45(59)53-36-51(10)32-41(30-49(6,7)34-51)55-47(61)69-22-20-63-18-16-28-72(12,13)71-73(14,15)29-17-19-64-21-23-70-48(62)56-42-31-50(8,9)35-52(11,33-42)37-54-46(60)68-27-25-66-44(58)39(3)4/h40-42H,1,3,16-37H2,2,4-15H3,(H,53,59)(H,54,60)(H,55,61)(H,56,62). The summed E-state index contributed by atoms with van der Waals surface area (Å²) in [5.74, 6) is -0.727. The number of Topliss-reactive ketones (excluding diaryl/α,β-unsaturated/α-hetero) is 1. The molecule has 2 saturated carbocycles. The van der Waals surface area contributed by atoms with Crippen molar-refractivity contribution in [2.75, 3.05) is 79.2 Å². The van der Waals surface area contributed by atoms with E-state index >= 15 is 0 Å². The third-order valence-corrected chi connectivity index (χ3v) is 20.4. The Morgan fingerprint density at radius 1 is 0.534 bits per heavy atom. The predicted octanol–water partition coefficient (Wildman–Crippen LogP) is 8.97. The number of carbonyl (C=O) groups is 6. The number of ether oxygens (including phenoxy) is 8. The number of amides is 4. The second-order valence-electron chi connectivity index (χ2n) is 23.7. The molecule has 73 heavy (non-hydrogen) atoms. The zero-order chi connectivity index (χ0) is 55.1. The van der Waals surface area contributed by atoms with Crippen molar-refractivity contribution >= 4 is 52.8 Å². The second-order valence-corrected chi connectivity index (χ2v) is 32.5. The lowest BCUT2D eigenvalue weighted by atomic mass is 9.62. The molecule has 0 aromatic carbocycles. The zero-order valence-corrected chi connectivity index (χ0v) is 48.8. The number of esters is 1. The minimum Gasteiger partial charge on any atom is -0.459 e. The first-order valence-corrected chi connectivity index (χ1v) is 32.2. The highest BCUT2D eigenvalue weighted by Gasteiger charge is 2.43. The van der Waals surface area contributed by atoms with Crippen molar-refractivity contribution in [2.45, 2.75) is 170 Å². The fourth-order valence-electron chi connectivity index (χ4n) is 10.6. The molecule has 21 heteroatoms. The molecule has 0 aromatic rings. The van der Waals surface area contributed by atoms with Crippen LogP contribution in [0.15, 0.2) is 24.3 Å². The van der Waals surface area contributed by atoms with Crippen LogP contribution in [0.5, 0.6) is 0 Å². The Morgan fingerprint density at radius 3 is 1.33 bits per heavy atom. The first kappa shape index (κ1) is 65.1. The highest BCUT2D eigenvalue weighted by atomic mass is 28.4. The number of ketones is 1. The summed E-state index contributed by atoms with van der Waals surface area (Å²) in [6.45, 7) is 36.3. The molecular formula is C52H94N4O15Si2. The van der Waals surface area contributed by atoms with E-state index in [1.54, 1.807) is 20.8 Å². The molecular weight excluding hydrogens is 977 g/mol. The van der Waals surface area contributed by atoms with Crippen LogP contribution in [0.3, 0.4) is 0 Å². The van der Waals surface area contributed by atoms with Gasteiger partial charge in [0.25, 0.3) is 0 Å².